The average Bonchev–Trinajstić information content (AvgIpc) is 2.43. The largest absolute Gasteiger partial charge is 0.385 e. The van der Waals surface area contributed by atoms with E-state index in [9.17, 15) is 26.7 Å². The number of aryl methyl sites for hydroxylation is 1. The van der Waals surface area contributed by atoms with Crippen LogP contribution in [0, 0.1) is 6.92 Å². The SMILES string of the molecule is CCC(O)/C(OS(=O)(=O)c1ccc(C)cc1)=C(/F)C(F)F. The molecule has 1 rings (SSSR count). The van der Waals surface area contributed by atoms with E-state index in [2.05, 4.69) is 4.18 Å². The Labute approximate surface area is 121 Å². The molecule has 0 saturated carbocycles. The first kappa shape index (κ1) is 17.5. The number of aliphatic hydroxyl groups excluding tert-OH is 1. The quantitative estimate of drug-likeness (QED) is 0.645. The molecule has 0 aliphatic heterocycles. The second-order valence-corrected chi connectivity index (χ2v) is 5.83. The van der Waals surface area contributed by atoms with Crippen molar-refractivity contribution in [1.29, 1.82) is 0 Å². The monoisotopic (exact) mass is 324 g/mol. The van der Waals surface area contributed by atoms with Crippen LogP contribution >= 0.6 is 0 Å². The van der Waals surface area contributed by atoms with Crippen molar-refractivity contribution in [3.05, 3.63) is 41.4 Å². The first-order valence-electron chi connectivity index (χ1n) is 6.06. The maximum absolute atomic E-state index is 13.3. The van der Waals surface area contributed by atoms with Gasteiger partial charge in [0.15, 0.2) is 5.76 Å². The van der Waals surface area contributed by atoms with Gasteiger partial charge in [-0.3, -0.25) is 0 Å². The highest BCUT2D eigenvalue weighted by atomic mass is 32.2. The van der Waals surface area contributed by atoms with E-state index in [-0.39, 0.29) is 11.3 Å². The summed E-state index contributed by atoms with van der Waals surface area (Å²) in [5.74, 6) is -3.38. The lowest BCUT2D eigenvalue weighted by molar-refractivity contribution is 0.116. The van der Waals surface area contributed by atoms with Gasteiger partial charge in [0.05, 0.1) is 0 Å². The van der Waals surface area contributed by atoms with E-state index in [1.807, 2.05) is 0 Å². The number of benzene rings is 1. The van der Waals surface area contributed by atoms with E-state index in [4.69, 9.17) is 0 Å². The second-order valence-electron chi connectivity index (χ2n) is 4.29. The van der Waals surface area contributed by atoms with Crippen LogP contribution in [0.3, 0.4) is 0 Å². The minimum absolute atomic E-state index is 0.182. The van der Waals surface area contributed by atoms with Gasteiger partial charge in [0.25, 0.3) is 6.43 Å². The molecule has 4 nitrogen and oxygen atoms in total. The molecule has 0 spiro atoms. The Hall–Kier alpha value is -1.54. The van der Waals surface area contributed by atoms with Crippen LogP contribution in [0.5, 0.6) is 0 Å². The normalized spacial score (nSPS) is 14.8. The maximum atomic E-state index is 13.3. The fraction of sp³-hybridized carbons (Fsp3) is 0.385. The predicted octanol–water partition coefficient (Wildman–Crippen LogP) is 2.92. The van der Waals surface area contributed by atoms with Crippen LogP contribution in [0.15, 0.2) is 40.7 Å². The standard InChI is InChI=1S/C13H15F3O4S/c1-3-10(17)12(11(14)13(15)16)20-21(18,19)9-6-4-8(2)5-7-9/h4-7,10,13,17H,3H2,1-2H3/b12-11-. The topological polar surface area (TPSA) is 63.6 Å². The molecular formula is C13H15F3O4S. The molecule has 0 amide bonds. The van der Waals surface area contributed by atoms with E-state index >= 15 is 0 Å². The third kappa shape index (κ3) is 4.47. The number of rotatable bonds is 6. The van der Waals surface area contributed by atoms with E-state index in [0.29, 0.717) is 0 Å². The van der Waals surface area contributed by atoms with Gasteiger partial charge in [-0.1, -0.05) is 24.6 Å². The molecule has 0 bridgehead atoms. The van der Waals surface area contributed by atoms with Gasteiger partial charge in [0, 0.05) is 0 Å². The van der Waals surface area contributed by atoms with Gasteiger partial charge in [-0.2, -0.15) is 8.42 Å². The summed E-state index contributed by atoms with van der Waals surface area (Å²) in [7, 11) is -4.50. The Morgan fingerprint density at radius 2 is 1.81 bits per heavy atom. The lowest BCUT2D eigenvalue weighted by atomic mass is 10.2. The van der Waals surface area contributed by atoms with Crippen molar-refractivity contribution >= 4 is 10.1 Å². The molecule has 0 aliphatic carbocycles. The van der Waals surface area contributed by atoms with Crippen LogP contribution < -0.4 is 0 Å². The highest BCUT2D eigenvalue weighted by molar-refractivity contribution is 7.86. The lowest BCUT2D eigenvalue weighted by Crippen LogP contribution is -2.19. The molecule has 21 heavy (non-hydrogen) atoms. The smallest absolute Gasteiger partial charge is 0.339 e. The van der Waals surface area contributed by atoms with Crippen molar-refractivity contribution in [1.82, 2.24) is 0 Å². The van der Waals surface area contributed by atoms with Gasteiger partial charge >= 0.3 is 10.1 Å². The molecule has 1 aromatic rings. The number of aliphatic hydroxyl groups is 1. The number of halogens is 3. The molecule has 8 heteroatoms. The van der Waals surface area contributed by atoms with E-state index < -0.39 is 34.2 Å². The van der Waals surface area contributed by atoms with Gasteiger partial charge in [0.1, 0.15) is 11.0 Å². The molecule has 1 atom stereocenters. The third-order valence-corrected chi connectivity index (χ3v) is 3.87. The zero-order chi connectivity index (χ0) is 16.2. The Morgan fingerprint density at radius 1 is 1.29 bits per heavy atom. The van der Waals surface area contributed by atoms with Gasteiger partial charge in [0.2, 0.25) is 5.83 Å². The summed E-state index contributed by atoms with van der Waals surface area (Å²) < 4.78 is 66.3. The Balaban J connectivity index is 3.19. The summed E-state index contributed by atoms with van der Waals surface area (Å²) in [6.45, 7) is 3.09. The molecule has 0 fully saturated rings. The zero-order valence-electron chi connectivity index (χ0n) is 11.4. The first-order chi connectivity index (χ1) is 9.69. The van der Waals surface area contributed by atoms with E-state index in [1.165, 1.54) is 31.2 Å². The minimum Gasteiger partial charge on any atom is -0.385 e. The van der Waals surface area contributed by atoms with Crippen molar-refractivity contribution in [2.24, 2.45) is 0 Å². The summed E-state index contributed by atoms with van der Waals surface area (Å²) in [6.07, 6.45) is -5.53. The zero-order valence-corrected chi connectivity index (χ0v) is 12.2. The molecule has 0 aromatic heterocycles. The van der Waals surface area contributed by atoms with Crippen LogP contribution in [-0.4, -0.2) is 26.1 Å². The number of hydrogen-bond acceptors (Lipinski definition) is 4. The van der Waals surface area contributed by atoms with Crippen LogP contribution in [-0.2, 0) is 14.3 Å². The van der Waals surface area contributed by atoms with E-state index in [1.54, 1.807) is 6.92 Å². The second kappa shape index (κ2) is 6.95. The average molecular weight is 324 g/mol. The van der Waals surface area contributed by atoms with Crippen LogP contribution in [0.4, 0.5) is 13.2 Å². The molecule has 0 aliphatic rings. The van der Waals surface area contributed by atoms with E-state index in [0.717, 1.165) is 5.56 Å². The van der Waals surface area contributed by atoms with Crippen LogP contribution in [0.1, 0.15) is 18.9 Å². The predicted molar refractivity (Wildman–Crippen MR) is 69.9 cm³/mol. The Kier molecular flexibility index (Phi) is 5.79. The molecule has 1 aromatic carbocycles. The molecule has 0 radical (unpaired) electrons. The van der Waals surface area contributed by atoms with Gasteiger partial charge < -0.3 is 9.29 Å². The maximum Gasteiger partial charge on any atom is 0.339 e. The molecule has 1 unspecified atom stereocenters. The Morgan fingerprint density at radius 3 is 2.24 bits per heavy atom. The number of hydrogen-bond donors (Lipinski definition) is 1. The highest BCUT2D eigenvalue weighted by Crippen LogP contribution is 2.25. The molecule has 0 saturated heterocycles. The third-order valence-electron chi connectivity index (χ3n) is 2.63. The fourth-order valence-electron chi connectivity index (χ4n) is 1.42. The number of allylic oxidation sites excluding steroid dienone is 1. The Bertz CT molecular complexity index is 609. The summed E-state index contributed by atoms with van der Waals surface area (Å²) in [6, 6.07) is 5.33. The van der Waals surface area contributed by atoms with Crippen molar-refractivity contribution < 1.29 is 30.9 Å². The molecule has 1 N–H and O–H groups in total. The van der Waals surface area contributed by atoms with Crippen LogP contribution in [0.25, 0.3) is 0 Å². The summed E-state index contributed by atoms with van der Waals surface area (Å²) in [5.41, 5.74) is 0.775. The van der Waals surface area contributed by atoms with Gasteiger partial charge in [-0.05, 0) is 25.5 Å². The molecule has 118 valence electrons. The van der Waals surface area contributed by atoms with Crippen molar-refractivity contribution in [3.63, 3.8) is 0 Å². The minimum atomic E-state index is -4.50. The van der Waals surface area contributed by atoms with Gasteiger partial charge in [-0.25, -0.2) is 13.2 Å². The summed E-state index contributed by atoms with van der Waals surface area (Å²) in [4.78, 5) is -0.323. The highest BCUT2D eigenvalue weighted by Gasteiger charge is 2.29. The number of alkyl halides is 2. The van der Waals surface area contributed by atoms with Crippen molar-refractivity contribution in [3.8, 4) is 0 Å². The van der Waals surface area contributed by atoms with Gasteiger partial charge in [-0.15, -0.1) is 0 Å². The van der Waals surface area contributed by atoms with Crippen LogP contribution in [0.2, 0.25) is 0 Å². The summed E-state index contributed by atoms with van der Waals surface area (Å²) >= 11 is 0. The van der Waals surface area contributed by atoms with Crippen molar-refractivity contribution in [2.45, 2.75) is 37.7 Å². The summed E-state index contributed by atoms with van der Waals surface area (Å²) in [5, 5.41) is 9.47. The molecule has 0 heterocycles. The fourth-order valence-corrected chi connectivity index (χ4v) is 2.41. The first-order valence-corrected chi connectivity index (χ1v) is 7.46. The molecular weight excluding hydrogens is 309 g/mol. The van der Waals surface area contributed by atoms with Crippen molar-refractivity contribution in [2.75, 3.05) is 0 Å². The lowest BCUT2D eigenvalue weighted by Gasteiger charge is -2.15.